The van der Waals surface area contributed by atoms with Crippen LogP contribution in [0.4, 0.5) is 5.69 Å². The molecule has 0 heterocycles. The topological polar surface area (TPSA) is 70.6 Å². The summed E-state index contributed by atoms with van der Waals surface area (Å²) in [4.78, 5) is 23.6. The van der Waals surface area contributed by atoms with Gasteiger partial charge in [0.05, 0.1) is 6.21 Å². The number of amides is 2. The summed E-state index contributed by atoms with van der Waals surface area (Å²) in [5, 5.41) is 6.33. The molecule has 5 nitrogen and oxygen atoms in total. The first-order chi connectivity index (χ1) is 11.0. The number of carbonyl (C=O) groups is 2. The summed E-state index contributed by atoms with van der Waals surface area (Å²) in [6.45, 7) is 3.83. The molecule has 0 saturated carbocycles. The van der Waals surface area contributed by atoms with Gasteiger partial charge in [0.25, 0.3) is 0 Å². The standard InChI is InChI=1S/C17H16BrN3O2/c1-11-3-8-15(12(2)9-11)20-16(22)17(23)21-19-10-13-4-6-14(18)7-5-13/h3-10H,1-2H3,(H,20,22)(H,21,23)/b19-10+. The minimum Gasteiger partial charge on any atom is -0.317 e. The van der Waals surface area contributed by atoms with Crippen molar-refractivity contribution in [1.82, 2.24) is 5.43 Å². The maximum atomic E-state index is 11.8. The number of aryl methyl sites for hydroxylation is 2. The van der Waals surface area contributed by atoms with Crippen molar-refractivity contribution >= 4 is 39.6 Å². The molecule has 2 aromatic rings. The van der Waals surface area contributed by atoms with Gasteiger partial charge in [0, 0.05) is 10.2 Å². The fraction of sp³-hybridized carbons (Fsp3) is 0.118. The van der Waals surface area contributed by atoms with Gasteiger partial charge in [0.15, 0.2) is 0 Å². The van der Waals surface area contributed by atoms with Gasteiger partial charge in [0.2, 0.25) is 0 Å². The van der Waals surface area contributed by atoms with Gasteiger partial charge in [-0.1, -0.05) is 45.8 Å². The monoisotopic (exact) mass is 373 g/mol. The van der Waals surface area contributed by atoms with Crippen molar-refractivity contribution in [1.29, 1.82) is 0 Å². The summed E-state index contributed by atoms with van der Waals surface area (Å²) in [7, 11) is 0. The highest BCUT2D eigenvalue weighted by molar-refractivity contribution is 9.10. The first-order valence-electron chi connectivity index (χ1n) is 6.93. The number of anilines is 1. The van der Waals surface area contributed by atoms with E-state index in [0.29, 0.717) is 5.69 Å². The summed E-state index contributed by atoms with van der Waals surface area (Å²) in [5.41, 5.74) is 5.60. The first kappa shape index (κ1) is 16.9. The maximum absolute atomic E-state index is 11.8. The Morgan fingerprint density at radius 2 is 1.74 bits per heavy atom. The highest BCUT2D eigenvalue weighted by atomic mass is 79.9. The van der Waals surface area contributed by atoms with Gasteiger partial charge in [-0.15, -0.1) is 0 Å². The molecule has 2 amide bonds. The Hall–Kier alpha value is -2.47. The Balaban J connectivity index is 1.92. The summed E-state index contributed by atoms with van der Waals surface area (Å²) in [5.74, 6) is -1.58. The van der Waals surface area contributed by atoms with Gasteiger partial charge in [0.1, 0.15) is 0 Å². The second-order valence-corrected chi connectivity index (χ2v) is 5.94. The van der Waals surface area contributed by atoms with Crippen molar-refractivity contribution in [3.63, 3.8) is 0 Å². The largest absolute Gasteiger partial charge is 0.329 e. The van der Waals surface area contributed by atoms with Crippen LogP contribution in [0.5, 0.6) is 0 Å². The van der Waals surface area contributed by atoms with Crippen LogP contribution < -0.4 is 10.7 Å². The molecule has 0 aromatic heterocycles. The van der Waals surface area contributed by atoms with Crippen molar-refractivity contribution in [2.24, 2.45) is 5.10 Å². The lowest BCUT2D eigenvalue weighted by Gasteiger charge is -2.08. The molecule has 0 aliphatic carbocycles. The van der Waals surface area contributed by atoms with E-state index in [-0.39, 0.29) is 0 Å². The van der Waals surface area contributed by atoms with Gasteiger partial charge in [-0.3, -0.25) is 9.59 Å². The van der Waals surface area contributed by atoms with E-state index in [1.165, 1.54) is 6.21 Å². The molecule has 2 aromatic carbocycles. The van der Waals surface area contributed by atoms with Gasteiger partial charge in [-0.05, 0) is 43.2 Å². The van der Waals surface area contributed by atoms with Gasteiger partial charge < -0.3 is 5.32 Å². The Labute approximate surface area is 142 Å². The zero-order valence-electron chi connectivity index (χ0n) is 12.8. The average Bonchev–Trinajstić information content (AvgIpc) is 2.51. The van der Waals surface area contributed by atoms with Crippen LogP contribution in [0.1, 0.15) is 16.7 Å². The molecule has 6 heteroatoms. The third-order valence-corrected chi connectivity index (χ3v) is 3.61. The lowest BCUT2D eigenvalue weighted by atomic mass is 10.1. The lowest BCUT2D eigenvalue weighted by molar-refractivity contribution is -0.136. The molecule has 0 spiro atoms. The number of nitrogens with one attached hydrogen (secondary N) is 2. The van der Waals surface area contributed by atoms with Gasteiger partial charge in [-0.25, -0.2) is 5.43 Å². The van der Waals surface area contributed by atoms with Crippen LogP contribution >= 0.6 is 15.9 Å². The fourth-order valence-electron chi connectivity index (χ4n) is 1.90. The molecule has 0 atom stereocenters. The number of hydrazone groups is 1. The van der Waals surface area contributed by atoms with Crippen LogP contribution in [0.15, 0.2) is 52.0 Å². The zero-order valence-corrected chi connectivity index (χ0v) is 14.3. The molecule has 118 valence electrons. The Morgan fingerprint density at radius 3 is 2.39 bits per heavy atom. The second-order valence-electron chi connectivity index (χ2n) is 5.02. The SMILES string of the molecule is Cc1ccc(NC(=O)C(=O)N/N=C/c2ccc(Br)cc2)c(C)c1. The number of benzene rings is 2. The summed E-state index contributed by atoms with van der Waals surface area (Å²) in [6, 6.07) is 12.9. The minimum absolute atomic E-state index is 0.604. The molecular formula is C17H16BrN3O2. The molecule has 0 aliphatic rings. The number of hydrogen-bond acceptors (Lipinski definition) is 3. The van der Waals surface area contributed by atoms with Gasteiger partial charge >= 0.3 is 11.8 Å². The Morgan fingerprint density at radius 1 is 1.04 bits per heavy atom. The molecule has 0 radical (unpaired) electrons. The third kappa shape index (κ3) is 5.03. The Kier molecular flexibility index (Phi) is 5.65. The molecule has 0 bridgehead atoms. The predicted octanol–water partition coefficient (Wildman–Crippen LogP) is 3.15. The van der Waals surface area contributed by atoms with Crippen LogP contribution in [-0.4, -0.2) is 18.0 Å². The highest BCUT2D eigenvalue weighted by Gasteiger charge is 2.13. The maximum Gasteiger partial charge on any atom is 0.329 e. The van der Waals surface area contributed by atoms with Crippen LogP contribution in [0, 0.1) is 13.8 Å². The second kappa shape index (κ2) is 7.69. The van der Waals surface area contributed by atoms with E-state index < -0.39 is 11.8 Å². The quantitative estimate of drug-likeness (QED) is 0.492. The van der Waals surface area contributed by atoms with Gasteiger partial charge in [-0.2, -0.15) is 5.10 Å². The van der Waals surface area contributed by atoms with E-state index in [1.807, 2.05) is 50.2 Å². The zero-order chi connectivity index (χ0) is 16.8. The van der Waals surface area contributed by atoms with Crippen molar-refractivity contribution in [2.75, 3.05) is 5.32 Å². The van der Waals surface area contributed by atoms with E-state index in [9.17, 15) is 9.59 Å². The van der Waals surface area contributed by atoms with E-state index in [1.54, 1.807) is 6.07 Å². The number of hydrogen-bond donors (Lipinski definition) is 2. The fourth-order valence-corrected chi connectivity index (χ4v) is 2.16. The Bertz CT molecular complexity index is 755. The first-order valence-corrected chi connectivity index (χ1v) is 7.72. The van der Waals surface area contributed by atoms with Crippen molar-refractivity contribution in [3.05, 3.63) is 63.6 Å². The lowest BCUT2D eigenvalue weighted by Crippen LogP contribution is -2.32. The number of rotatable bonds is 3. The molecule has 0 unspecified atom stereocenters. The van der Waals surface area contributed by atoms with Crippen molar-refractivity contribution in [3.8, 4) is 0 Å². The van der Waals surface area contributed by atoms with Crippen LogP contribution in [0.2, 0.25) is 0 Å². The predicted molar refractivity (Wildman–Crippen MR) is 94.4 cm³/mol. The molecule has 2 N–H and O–H groups in total. The number of nitrogens with zero attached hydrogens (tertiary/aromatic N) is 1. The molecule has 0 saturated heterocycles. The normalized spacial score (nSPS) is 10.6. The molecule has 0 fully saturated rings. The van der Waals surface area contributed by atoms with Crippen molar-refractivity contribution < 1.29 is 9.59 Å². The highest BCUT2D eigenvalue weighted by Crippen LogP contribution is 2.15. The van der Waals surface area contributed by atoms with E-state index in [4.69, 9.17) is 0 Å². The number of halogens is 1. The summed E-state index contributed by atoms with van der Waals surface area (Å²) in [6.07, 6.45) is 1.47. The van der Waals surface area contributed by atoms with Crippen LogP contribution in [-0.2, 0) is 9.59 Å². The van der Waals surface area contributed by atoms with Crippen molar-refractivity contribution in [2.45, 2.75) is 13.8 Å². The molecule has 23 heavy (non-hydrogen) atoms. The number of carbonyl (C=O) groups excluding carboxylic acids is 2. The van der Waals surface area contributed by atoms with Crippen LogP contribution in [0.25, 0.3) is 0 Å². The smallest absolute Gasteiger partial charge is 0.317 e. The van der Waals surface area contributed by atoms with E-state index >= 15 is 0 Å². The molecule has 0 aliphatic heterocycles. The third-order valence-electron chi connectivity index (χ3n) is 3.09. The van der Waals surface area contributed by atoms with E-state index in [0.717, 1.165) is 21.2 Å². The summed E-state index contributed by atoms with van der Waals surface area (Å²) < 4.78 is 0.950. The summed E-state index contributed by atoms with van der Waals surface area (Å²) >= 11 is 3.33. The minimum atomic E-state index is -0.821. The van der Waals surface area contributed by atoms with Crippen LogP contribution in [0.3, 0.4) is 0 Å². The van der Waals surface area contributed by atoms with E-state index in [2.05, 4.69) is 31.8 Å². The molecular weight excluding hydrogens is 358 g/mol. The average molecular weight is 374 g/mol. The molecule has 2 rings (SSSR count).